The Morgan fingerprint density at radius 3 is 2.76 bits per heavy atom. The maximum Gasteiger partial charge on any atom is 0.315 e. The second-order valence-corrected chi connectivity index (χ2v) is 7.05. The van der Waals surface area contributed by atoms with Crippen LogP contribution in [0.1, 0.15) is 24.8 Å². The summed E-state index contributed by atoms with van der Waals surface area (Å²) in [5, 5.41) is 5.61. The fraction of sp³-hybridized carbons (Fsp3) is 0.429. The summed E-state index contributed by atoms with van der Waals surface area (Å²) in [6.45, 7) is 3.56. The second kappa shape index (κ2) is 9.36. The number of amides is 2. The number of hydrogen-bond donors (Lipinski definition) is 2. The van der Waals surface area contributed by atoms with Crippen LogP contribution in [-0.4, -0.2) is 44.0 Å². The first-order valence-corrected chi connectivity index (χ1v) is 10.0. The van der Waals surface area contributed by atoms with E-state index in [0.29, 0.717) is 36.9 Å². The monoisotopic (exact) mass is 398 g/mol. The molecule has 0 bridgehead atoms. The Balaban J connectivity index is 1.14. The Labute approximate surface area is 170 Å². The average molecular weight is 398 g/mol. The Morgan fingerprint density at radius 2 is 1.93 bits per heavy atom. The van der Waals surface area contributed by atoms with Crippen molar-refractivity contribution >= 4 is 11.8 Å². The summed E-state index contributed by atoms with van der Waals surface area (Å²) in [5.74, 6) is 3.08. The van der Waals surface area contributed by atoms with Gasteiger partial charge < -0.3 is 29.7 Å². The van der Waals surface area contributed by atoms with E-state index in [-0.39, 0.29) is 12.8 Å². The number of aromatic nitrogens is 1. The van der Waals surface area contributed by atoms with E-state index in [1.807, 2.05) is 30.5 Å². The van der Waals surface area contributed by atoms with Crippen molar-refractivity contribution in [1.29, 1.82) is 0 Å². The van der Waals surface area contributed by atoms with E-state index in [1.54, 1.807) is 6.07 Å². The number of nitrogens with zero attached hydrogens (tertiary/aromatic N) is 2. The van der Waals surface area contributed by atoms with Crippen LogP contribution in [0, 0.1) is 0 Å². The van der Waals surface area contributed by atoms with Gasteiger partial charge >= 0.3 is 6.03 Å². The number of pyridine rings is 1. The van der Waals surface area contributed by atoms with Gasteiger partial charge in [-0.25, -0.2) is 9.78 Å². The molecule has 0 atom stereocenters. The van der Waals surface area contributed by atoms with Gasteiger partial charge in [0.1, 0.15) is 18.2 Å². The molecule has 3 heterocycles. The highest BCUT2D eigenvalue weighted by Crippen LogP contribution is 2.34. The van der Waals surface area contributed by atoms with Gasteiger partial charge in [0.25, 0.3) is 0 Å². The van der Waals surface area contributed by atoms with Crippen LogP contribution in [0.3, 0.4) is 0 Å². The fourth-order valence-electron chi connectivity index (χ4n) is 3.38. The molecule has 154 valence electrons. The van der Waals surface area contributed by atoms with Gasteiger partial charge in [-0.3, -0.25) is 0 Å². The van der Waals surface area contributed by atoms with Crippen molar-refractivity contribution in [2.45, 2.75) is 25.8 Å². The molecular formula is C21H26N4O4. The molecule has 8 heteroatoms. The van der Waals surface area contributed by atoms with E-state index in [9.17, 15) is 4.79 Å². The Bertz CT molecular complexity index is 822. The molecule has 1 aromatic carbocycles. The summed E-state index contributed by atoms with van der Waals surface area (Å²) in [6, 6.07) is 9.21. The lowest BCUT2D eigenvalue weighted by Gasteiger charge is -2.27. The number of carbonyl (C=O) groups is 1. The average Bonchev–Trinajstić information content (AvgIpc) is 3.24. The van der Waals surface area contributed by atoms with Gasteiger partial charge in [0.2, 0.25) is 6.79 Å². The molecule has 29 heavy (non-hydrogen) atoms. The molecule has 0 spiro atoms. The summed E-state index contributed by atoms with van der Waals surface area (Å²) in [4.78, 5) is 18.8. The quantitative estimate of drug-likeness (QED) is 0.698. The number of rotatable bonds is 7. The number of urea groups is 1. The van der Waals surface area contributed by atoms with Crippen molar-refractivity contribution in [3.63, 3.8) is 0 Å². The van der Waals surface area contributed by atoms with Gasteiger partial charge in [0.15, 0.2) is 11.5 Å². The van der Waals surface area contributed by atoms with Crippen LogP contribution in [0.5, 0.6) is 17.2 Å². The molecule has 0 radical (unpaired) electrons. The number of carbonyl (C=O) groups excluding carboxylic acids is 1. The zero-order valence-electron chi connectivity index (χ0n) is 16.4. The first-order valence-electron chi connectivity index (χ1n) is 10.0. The maximum atomic E-state index is 12.0. The minimum absolute atomic E-state index is 0.233. The smallest absolute Gasteiger partial charge is 0.315 e. The molecule has 0 aliphatic carbocycles. The number of ether oxygens (including phenoxy) is 3. The van der Waals surface area contributed by atoms with Gasteiger partial charge in [-0.2, -0.15) is 0 Å². The van der Waals surface area contributed by atoms with E-state index in [0.717, 1.165) is 24.5 Å². The molecule has 2 amide bonds. The van der Waals surface area contributed by atoms with Crippen LogP contribution >= 0.6 is 0 Å². The first kappa shape index (κ1) is 19.2. The van der Waals surface area contributed by atoms with Crippen LogP contribution in [0.2, 0.25) is 0 Å². The SMILES string of the molecule is O=C(NCCOc1ccc2c(c1)OCO2)NCc1ccc(N2CCCCC2)nc1. The molecule has 1 saturated heterocycles. The Kier molecular flexibility index (Phi) is 6.19. The third-order valence-corrected chi connectivity index (χ3v) is 4.94. The molecule has 0 unspecified atom stereocenters. The van der Waals surface area contributed by atoms with Crippen LogP contribution in [0.4, 0.5) is 10.6 Å². The fourth-order valence-corrected chi connectivity index (χ4v) is 3.38. The molecule has 0 saturated carbocycles. The van der Waals surface area contributed by atoms with Gasteiger partial charge in [-0.15, -0.1) is 0 Å². The van der Waals surface area contributed by atoms with Crippen LogP contribution in [0.25, 0.3) is 0 Å². The van der Waals surface area contributed by atoms with Crippen LogP contribution < -0.4 is 29.7 Å². The molecule has 2 N–H and O–H groups in total. The summed E-state index contributed by atoms with van der Waals surface area (Å²) in [7, 11) is 0. The second-order valence-electron chi connectivity index (χ2n) is 7.05. The minimum atomic E-state index is -0.237. The van der Waals surface area contributed by atoms with Gasteiger partial charge in [0, 0.05) is 31.9 Å². The van der Waals surface area contributed by atoms with Crippen LogP contribution in [-0.2, 0) is 6.54 Å². The number of hydrogen-bond acceptors (Lipinski definition) is 6. The van der Waals surface area contributed by atoms with E-state index in [2.05, 4.69) is 20.5 Å². The maximum absolute atomic E-state index is 12.0. The zero-order valence-corrected chi connectivity index (χ0v) is 16.4. The number of piperidine rings is 1. The summed E-state index contributed by atoms with van der Waals surface area (Å²) >= 11 is 0. The third-order valence-electron chi connectivity index (χ3n) is 4.94. The zero-order chi connectivity index (χ0) is 19.9. The normalized spacial score (nSPS) is 15.1. The molecule has 2 aliphatic rings. The van der Waals surface area contributed by atoms with E-state index >= 15 is 0 Å². The number of anilines is 1. The van der Waals surface area contributed by atoms with Crippen molar-refractivity contribution in [3.05, 3.63) is 42.1 Å². The van der Waals surface area contributed by atoms with E-state index in [4.69, 9.17) is 14.2 Å². The highest BCUT2D eigenvalue weighted by molar-refractivity contribution is 5.73. The predicted octanol–water partition coefficient (Wildman–Crippen LogP) is 2.68. The molecule has 8 nitrogen and oxygen atoms in total. The number of nitrogens with one attached hydrogen (secondary N) is 2. The summed E-state index contributed by atoms with van der Waals surface area (Å²) < 4.78 is 16.2. The largest absolute Gasteiger partial charge is 0.492 e. The lowest BCUT2D eigenvalue weighted by atomic mass is 10.1. The van der Waals surface area contributed by atoms with Gasteiger partial charge in [-0.1, -0.05) is 6.07 Å². The molecule has 1 fully saturated rings. The summed E-state index contributed by atoms with van der Waals surface area (Å²) in [5.41, 5.74) is 0.970. The van der Waals surface area contributed by atoms with Crippen molar-refractivity contribution in [2.24, 2.45) is 0 Å². The lowest BCUT2D eigenvalue weighted by Crippen LogP contribution is -2.37. The third kappa shape index (κ3) is 5.22. The predicted molar refractivity (Wildman–Crippen MR) is 109 cm³/mol. The van der Waals surface area contributed by atoms with E-state index < -0.39 is 0 Å². The van der Waals surface area contributed by atoms with Gasteiger partial charge in [0.05, 0.1) is 6.54 Å². The minimum Gasteiger partial charge on any atom is -0.492 e. The molecule has 1 aromatic heterocycles. The van der Waals surface area contributed by atoms with Gasteiger partial charge in [-0.05, 0) is 43.0 Å². The van der Waals surface area contributed by atoms with Crippen molar-refractivity contribution in [2.75, 3.05) is 37.9 Å². The number of benzene rings is 1. The first-order chi connectivity index (χ1) is 14.3. The molecular weight excluding hydrogens is 372 g/mol. The van der Waals surface area contributed by atoms with Crippen molar-refractivity contribution in [3.8, 4) is 17.2 Å². The topological polar surface area (TPSA) is 85.0 Å². The Hall–Kier alpha value is -3.16. The highest BCUT2D eigenvalue weighted by Gasteiger charge is 2.14. The highest BCUT2D eigenvalue weighted by atomic mass is 16.7. The summed E-state index contributed by atoms with van der Waals surface area (Å²) in [6.07, 6.45) is 5.58. The van der Waals surface area contributed by atoms with Crippen molar-refractivity contribution in [1.82, 2.24) is 15.6 Å². The molecule has 4 rings (SSSR count). The standard InChI is InChI=1S/C21H26N4O4/c26-21(22-8-11-27-17-5-6-18-19(12-17)29-15-28-18)24-14-16-4-7-20(23-13-16)25-9-2-1-3-10-25/h4-7,12-13H,1-3,8-11,14-15H2,(H2,22,24,26). The molecule has 2 aliphatic heterocycles. The van der Waals surface area contributed by atoms with E-state index in [1.165, 1.54) is 19.3 Å². The van der Waals surface area contributed by atoms with Crippen molar-refractivity contribution < 1.29 is 19.0 Å². The van der Waals surface area contributed by atoms with Crippen LogP contribution in [0.15, 0.2) is 36.5 Å². The lowest BCUT2D eigenvalue weighted by molar-refractivity contribution is 0.173. The Morgan fingerprint density at radius 1 is 1.07 bits per heavy atom. The molecule has 2 aromatic rings. The number of fused-ring (bicyclic) bond motifs is 1.